The maximum atomic E-state index is 12.1. The van der Waals surface area contributed by atoms with Crippen molar-refractivity contribution in [3.63, 3.8) is 0 Å². The normalized spacial score (nSPS) is 16.3. The first-order chi connectivity index (χ1) is 8.58. The fourth-order valence-electron chi connectivity index (χ4n) is 1.45. The molecule has 0 amide bonds. The lowest BCUT2D eigenvalue weighted by atomic mass is 9.96. The van der Waals surface area contributed by atoms with Crippen LogP contribution >= 0.6 is 0 Å². The zero-order chi connectivity index (χ0) is 14.8. The van der Waals surface area contributed by atoms with Crippen molar-refractivity contribution in [3.05, 3.63) is 11.7 Å². The fraction of sp³-hybridized carbons (Fsp3) is 0.833. The molecular weight excluding hydrogens is 268 g/mol. The molecule has 19 heavy (non-hydrogen) atoms. The summed E-state index contributed by atoms with van der Waals surface area (Å²) in [5.74, 6) is 0.185. The number of aliphatic hydroxyl groups is 1. The molecule has 0 aliphatic carbocycles. The number of hydrogen-bond acceptors (Lipinski definition) is 6. The Labute approximate surface area is 114 Å². The molecule has 6 nitrogen and oxygen atoms in total. The van der Waals surface area contributed by atoms with Crippen molar-refractivity contribution in [2.75, 3.05) is 12.4 Å². The monoisotopic (exact) mass is 290 g/mol. The van der Waals surface area contributed by atoms with Gasteiger partial charge in [-0.3, -0.25) is 0 Å². The van der Waals surface area contributed by atoms with Gasteiger partial charge in [-0.15, -0.1) is 0 Å². The maximum absolute atomic E-state index is 12.1. The number of sulfone groups is 1. The second-order valence-electron chi connectivity index (χ2n) is 5.97. The summed E-state index contributed by atoms with van der Waals surface area (Å²) < 4.78 is 29.3. The number of aromatic nitrogens is 2. The van der Waals surface area contributed by atoms with Gasteiger partial charge in [-0.05, 0) is 12.8 Å². The summed E-state index contributed by atoms with van der Waals surface area (Å²) in [6, 6.07) is 0. The molecule has 2 unspecified atom stereocenters. The van der Waals surface area contributed by atoms with Gasteiger partial charge in [0.25, 0.3) is 0 Å². The Morgan fingerprint density at radius 2 is 1.89 bits per heavy atom. The molecule has 0 spiro atoms. The minimum atomic E-state index is -3.41. The van der Waals surface area contributed by atoms with Crippen LogP contribution in [0, 0.1) is 5.92 Å². The average molecular weight is 290 g/mol. The molecule has 0 saturated carbocycles. The van der Waals surface area contributed by atoms with E-state index in [9.17, 15) is 8.42 Å². The molecule has 1 aromatic heterocycles. The molecule has 1 heterocycles. The van der Waals surface area contributed by atoms with Crippen LogP contribution in [-0.2, 0) is 15.3 Å². The van der Waals surface area contributed by atoms with E-state index in [1.165, 1.54) is 6.92 Å². The quantitative estimate of drug-likeness (QED) is 0.882. The highest BCUT2D eigenvalue weighted by Crippen LogP contribution is 2.25. The standard InChI is InChI=1S/C12H22N2O4S/c1-8(6-15)7-19(16,17)9(2)10-13-11(14-18-10)12(3,4)5/h8-9,15H,6-7H2,1-5H3. The smallest absolute Gasteiger partial charge is 0.244 e. The van der Waals surface area contributed by atoms with Crippen LogP contribution in [0.5, 0.6) is 0 Å². The van der Waals surface area contributed by atoms with Gasteiger partial charge in [-0.1, -0.05) is 32.9 Å². The summed E-state index contributed by atoms with van der Waals surface area (Å²) in [4.78, 5) is 4.16. The van der Waals surface area contributed by atoms with Crippen molar-refractivity contribution < 1.29 is 18.0 Å². The van der Waals surface area contributed by atoms with Gasteiger partial charge in [-0.25, -0.2) is 8.42 Å². The molecule has 1 N–H and O–H groups in total. The van der Waals surface area contributed by atoms with Crippen LogP contribution in [0.1, 0.15) is 51.6 Å². The van der Waals surface area contributed by atoms with Gasteiger partial charge in [0.15, 0.2) is 15.7 Å². The van der Waals surface area contributed by atoms with Gasteiger partial charge < -0.3 is 9.63 Å². The Bertz CT molecular complexity index is 516. The molecular formula is C12H22N2O4S. The minimum absolute atomic E-state index is 0.0993. The van der Waals surface area contributed by atoms with Crippen molar-refractivity contribution in [2.24, 2.45) is 5.92 Å². The summed E-state index contributed by atoms with van der Waals surface area (Å²) in [5, 5.41) is 11.9. The van der Waals surface area contributed by atoms with Gasteiger partial charge in [0, 0.05) is 12.0 Å². The summed E-state index contributed by atoms with van der Waals surface area (Å²) in [6.45, 7) is 8.82. The Morgan fingerprint density at radius 3 is 2.32 bits per heavy atom. The molecule has 0 radical (unpaired) electrons. The Morgan fingerprint density at radius 1 is 1.32 bits per heavy atom. The minimum Gasteiger partial charge on any atom is -0.396 e. The van der Waals surface area contributed by atoms with E-state index in [1.54, 1.807) is 6.92 Å². The second-order valence-corrected chi connectivity index (χ2v) is 8.33. The molecule has 110 valence electrons. The van der Waals surface area contributed by atoms with E-state index in [1.807, 2.05) is 20.8 Å². The zero-order valence-corrected chi connectivity index (χ0v) is 12.9. The highest BCUT2D eigenvalue weighted by molar-refractivity contribution is 7.91. The molecule has 0 saturated heterocycles. The van der Waals surface area contributed by atoms with Crippen LogP contribution in [0.3, 0.4) is 0 Å². The Balaban J connectivity index is 2.94. The molecule has 0 aliphatic rings. The van der Waals surface area contributed by atoms with Gasteiger partial charge in [0.2, 0.25) is 5.89 Å². The third-order valence-electron chi connectivity index (χ3n) is 2.83. The molecule has 0 aliphatic heterocycles. The predicted octanol–water partition coefficient (Wildman–Crippen LogP) is 1.47. The predicted molar refractivity (Wildman–Crippen MR) is 71.4 cm³/mol. The second kappa shape index (κ2) is 5.58. The van der Waals surface area contributed by atoms with Crippen LogP contribution in [0.25, 0.3) is 0 Å². The summed E-state index contributed by atoms with van der Waals surface area (Å²) in [5.41, 5.74) is -0.288. The Kier molecular flexibility index (Phi) is 4.73. The summed E-state index contributed by atoms with van der Waals surface area (Å²) in [6.07, 6.45) is 0. The molecule has 7 heteroatoms. The van der Waals surface area contributed by atoms with E-state index in [0.29, 0.717) is 5.82 Å². The van der Waals surface area contributed by atoms with Gasteiger partial charge in [0.1, 0.15) is 5.25 Å². The first kappa shape index (κ1) is 16.1. The third kappa shape index (κ3) is 4.01. The largest absolute Gasteiger partial charge is 0.396 e. The van der Waals surface area contributed by atoms with E-state index in [2.05, 4.69) is 10.1 Å². The van der Waals surface area contributed by atoms with E-state index in [0.717, 1.165) is 0 Å². The molecule has 0 bridgehead atoms. The number of nitrogens with zero attached hydrogens (tertiary/aromatic N) is 2. The van der Waals surface area contributed by atoms with Crippen LogP contribution < -0.4 is 0 Å². The first-order valence-corrected chi connectivity index (χ1v) is 7.96. The molecule has 0 aromatic carbocycles. The lowest BCUT2D eigenvalue weighted by Gasteiger charge is -2.13. The lowest BCUT2D eigenvalue weighted by molar-refractivity contribution is 0.248. The van der Waals surface area contributed by atoms with Gasteiger partial charge in [0.05, 0.1) is 5.75 Å². The number of rotatable bonds is 5. The van der Waals surface area contributed by atoms with E-state index < -0.39 is 15.1 Å². The van der Waals surface area contributed by atoms with Crippen LogP contribution in [0.2, 0.25) is 0 Å². The molecule has 1 rings (SSSR count). The highest BCUT2D eigenvalue weighted by atomic mass is 32.2. The SMILES string of the molecule is CC(CO)CS(=O)(=O)C(C)c1nc(C(C)(C)C)no1. The molecule has 0 fully saturated rings. The van der Waals surface area contributed by atoms with E-state index in [-0.39, 0.29) is 29.6 Å². The number of aliphatic hydroxyl groups excluding tert-OH is 1. The van der Waals surface area contributed by atoms with E-state index >= 15 is 0 Å². The summed E-state index contributed by atoms with van der Waals surface area (Å²) in [7, 11) is -3.41. The maximum Gasteiger partial charge on any atom is 0.244 e. The van der Waals surface area contributed by atoms with Gasteiger partial charge in [-0.2, -0.15) is 4.98 Å². The van der Waals surface area contributed by atoms with Crippen molar-refractivity contribution >= 4 is 9.84 Å². The lowest BCUT2D eigenvalue weighted by Crippen LogP contribution is -2.21. The zero-order valence-electron chi connectivity index (χ0n) is 12.0. The Hall–Kier alpha value is -0.950. The number of hydrogen-bond donors (Lipinski definition) is 1. The van der Waals surface area contributed by atoms with Crippen LogP contribution in [0.15, 0.2) is 4.52 Å². The summed E-state index contributed by atoms with van der Waals surface area (Å²) >= 11 is 0. The third-order valence-corrected chi connectivity index (χ3v) is 5.14. The van der Waals surface area contributed by atoms with E-state index in [4.69, 9.17) is 9.63 Å². The molecule has 2 atom stereocenters. The average Bonchev–Trinajstić information content (AvgIpc) is 2.75. The van der Waals surface area contributed by atoms with Gasteiger partial charge >= 0.3 is 0 Å². The molecule has 1 aromatic rings. The van der Waals surface area contributed by atoms with Crippen molar-refractivity contribution in [1.82, 2.24) is 10.1 Å². The van der Waals surface area contributed by atoms with Crippen molar-refractivity contribution in [2.45, 2.75) is 45.3 Å². The fourth-order valence-corrected chi connectivity index (χ4v) is 3.04. The topological polar surface area (TPSA) is 93.3 Å². The van der Waals surface area contributed by atoms with Crippen LogP contribution in [0.4, 0.5) is 0 Å². The van der Waals surface area contributed by atoms with Crippen molar-refractivity contribution in [1.29, 1.82) is 0 Å². The van der Waals surface area contributed by atoms with Crippen molar-refractivity contribution in [3.8, 4) is 0 Å². The van der Waals surface area contributed by atoms with Crippen LogP contribution in [-0.4, -0.2) is 36.0 Å². The highest BCUT2D eigenvalue weighted by Gasteiger charge is 2.31. The first-order valence-electron chi connectivity index (χ1n) is 6.24.